The summed E-state index contributed by atoms with van der Waals surface area (Å²) in [6, 6.07) is 4.65. The lowest BCUT2D eigenvalue weighted by Gasteiger charge is -2.24. The van der Waals surface area contributed by atoms with Crippen molar-refractivity contribution in [3.8, 4) is 0 Å². The molecule has 0 saturated heterocycles. The number of furan rings is 1. The van der Waals surface area contributed by atoms with Gasteiger partial charge in [-0.15, -0.1) is 0 Å². The third-order valence-electron chi connectivity index (χ3n) is 3.27. The minimum atomic E-state index is 0.620. The van der Waals surface area contributed by atoms with Gasteiger partial charge in [0.1, 0.15) is 5.76 Å². The summed E-state index contributed by atoms with van der Waals surface area (Å²) in [5.74, 6) is 1.84. The lowest BCUT2D eigenvalue weighted by molar-refractivity contribution is 0.340. The Hall–Kier alpha value is -0.760. The molecule has 1 heterocycles. The minimum absolute atomic E-state index is 0.620. The van der Waals surface area contributed by atoms with Crippen LogP contribution in [0.15, 0.2) is 22.8 Å². The second kappa shape index (κ2) is 7.50. The van der Waals surface area contributed by atoms with E-state index in [1.165, 1.54) is 19.3 Å². The fraction of sp³-hybridized carbons (Fsp3) is 0.714. The molecule has 0 fully saturated rings. The molecule has 0 spiro atoms. The predicted molar refractivity (Wildman–Crippen MR) is 68.6 cm³/mol. The minimum Gasteiger partial charge on any atom is -0.469 e. The van der Waals surface area contributed by atoms with Crippen molar-refractivity contribution in [2.75, 3.05) is 6.54 Å². The van der Waals surface area contributed by atoms with Crippen LogP contribution < -0.4 is 5.32 Å². The lowest BCUT2D eigenvalue weighted by Crippen LogP contribution is -2.35. The van der Waals surface area contributed by atoms with Gasteiger partial charge in [-0.2, -0.15) is 0 Å². The molecule has 0 aliphatic carbocycles. The van der Waals surface area contributed by atoms with Gasteiger partial charge in [-0.25, -0.2) is 0 Å². The summed E-state index contributed by atoms with van der Waals surface area (Å²) in [4.78, 5) is 0. The zero-order chi connectivity index (χ0) is 11.8. The summed E-state index contributed by atoms with van der Waals surface area (Å²) in [6.45, 7) is 7.92. The van der Waals surface area contributed by atoms with Gasteiger partial charge in [0.2, 0.25) is 0 Å². The van der Waals surface area contributed by atoms with E-state index < -0.39 is 0 Å². The molecule has 2 unspecified atom stereocenters. The van der Waals surface area contributed by atoms with E-state index in [2.05, 4.69) is 32.2 Å². The van der Waals surface area contributed by atoms with E-state index in [-0.39, 0.29) is 0 Å². The van der Waals surface area contributed by atoms with Crippen LogP contribution in [0.3, 0.4) is 0 Å². The predicted octanol–water partition coefficient (Wildman–Crippen LogP) is 3.63. The van der Waals surface area contributed by atoms with E-state index >= 15 is 0 Å². The van der Waals surface area contributed by atoms with Gasteiger partial charge in [-0.3, -0.25) is 0 Å². The Morgan fingerprint density at radius 3 is 2.75 bits per heavy atom. The van der Waals surface area contributed by atoms with Gasteiger partial charge in [-0.1, -0.05) is 27.2 Å². The molecule has 0 saturated carbocycles. The third kappa shape index (κ3) is 4.40. The average molecular weight is 223 g/mol. The van der Waals surface area contributed by atoms with Crippen molar-refractivity contribution >= 4 is 0 Å². The Bertz CT molecular complexity index is 256. The van der Waals surface area contributed by atoms with Crippen LogP contribution in [0.4, 0.5) is 0 Å². The van der Waals surface area contributed by atoms with Gasteiger partial charge < -0.3 is 9.73 Å². The Labute approximate surface area is 99.4 Å². The van der Waals surface area contributed by atoms with Crippen LogP contribution in [-0.4, -0.2) is 12.6 Å². The summed E-state index contributed by atoms with van der Waals surface area (Å²) in [6.07, 6.45) is 6.40. The highest BCUT2D eigenvalue weighted by atomic mass is 16.3. The SMILES string of the molecule is CCCNC(CCc1ccco1)C(C)CC. The Morgan fingerprint density at radius 1 is 1.38 bits per heavy atom. The molecule has 1 aromatic rings. The molecule has 0 aliphatic rings. The first-order valence-corrected chi connectivity index (χ1v) is 6.53. The van der Waals surface area contributed by atoms with Crippen LogP contribution in [0.1, 0.15) is 45.8 Å². The fourth-order valence-corrected chi connectivity index (χ4v) is 1.95. The van der Waals surface area contributed by atoms with Crippen LogP contribution in [0.5, 0.6) is 0 Å². The van der Waals surface area contributed by atoms with Crippen molar-refractivity contribution in [2.45, 2.75) is 52.5 Å². The molecule has 92 valence electrons. The van der Waals surface area contributed by atoms with E-state index in [1.54, 1.807) is 6.26 Å². The summed E-state index contributed by atoms with van der Waals surface area (Å²) in [5.41, 5.74) is 0. The van der Waals surface area contributed by atoms with Crippen molar-refractivity contribution in [1.29, 1.82) is 0 Å². The van der Waals surface area contributed by atoms with Crippen molar-refractivity contribution in [3.05, 3.63) is 24.2 Å². The molecule has 1 N–H and O–H groups in total. The van der Waals surface area contributed by atoms with Gasteiger partial charge in [0.25, 0.3) is 0 Å². The zero-order valence-corrected chi connectivity index (χ0v) is 10.8. The first-order chi connectivity index (χ1) is 7.77. The topological polar surface area (TPSA) is 25.2 Å². The average Bonchev–Trinajstić information content (AvgIpc) is 2.81. The van der Waals surface area contributed by atoms with Crippen molar-refractivity contribution in [2.24, 2.45) is 5.92 Å². The molecule has 0 amide bonds. The molecule has 0 aromatic carbocycles. The van der Waals surface area contributed by atoms with Crippen molar-refractivity contribution in [3.63, 3.8) is 0 Å². The third-order valence-corrected chi connectivity index (χ3v) is 3.27. The maximum absolute atomic E-state index is 5.37. The smallest absolute Gasteiger partial charge is 0.103 e. The summed E-state index contributed by atoms with van der Waals surface area (Å²) >= 11 is 0. The first-order valence-electron chi connectivity index (χ1n) is 6.53. The number of aryl methyl sites for hydroxylation is 1. The van der Waals surface area contributed by atoms with Gasteiger partial charge in [-0.05, 0) is 37.4 Å². The number of hydrogen-bond acceptors (Lipinski definition) is 2. The summed E-state index contributed by atoms with van der Waals surface area (Å²) in [7, 11) is 0. The molecule has 0 bridgehead atoms. The Kier molecular flexibility index (Phi) is 6.24. The highest BCUT2D eigenvalue weighted by Crippen LogP contribution is 2.14. The molecule has 2 atom stereocenters. The zero-order valence-electron chi connectivity index (χ0n) is 10.8. The lowest BCUT2D eigenvalue weighted by atomic mass is 9.94. The van der Waals surface area contributed by atoms with Crippen LogP contribution in [0, 0.1) is 5.92 Å². The highest BCUT2D eigenvalue weighted by Gasteiger charge is 2.15. The van der Waals surface area contributed by atoms with Gasteiger partial charge >= 0.3 is 0 Å². The molecule has 0 radical (unpaired) electrons. The molecule has 2 heteroatoms. The molecule has 0 aliphatic heterocycles. The number of rotatable bonds is 8. The number of nitrogens with one attached hydrogen (secondary N) is 1. The van der Waals surface area contributed by atoms with Crippen molar-refractivity contribution < 1.29 is 4.42 Å². The molecule has 2 nitrogen and oxygen atoms in total. The summed E-state index contributed by atoms with van der Waals surface area (Å²) < 4.78 is 5.37. The maximum Gasteiger partial charge on any atom is 0.103 e. The van der Waals surface area contributed by atoms with E-state index in [0.29, 0.717) is 6.04 Å². The Balaban J connectivity index is 2.37. The summed E-state index contributed by atoms with van der Waals surface area (Å²) in [5, 5.41) is 3.64. The van der Waals surface area contributed by atoms with E-state index in [1.807, 2.05) is 6.07 Å². The largest absolute Gasteiger partial charge is 0.469 e. The van der Waals surface area contributed by atoms with Crippen LogP contribution in [0.2, 0.25) is 0 Å². The quantitative estimate of drug-likeness (QED) is 0.728. The van der Waals surface area contributed by atoms with Gasteiger partial charge in [0.05, 0.1) is 6.26 Å². The molecule has 16 heavy (non-hydrogen) atoms. The van der Waals surface area contributed by atoms with Crippen molar-refractivity contribution in [1.82, 2.24) is 5.32 Å². The van der Waals surface area contributed by atoms with E-state index in [4.69, 9.17) is 4.42 Å². The van der Waals surface area contributed by atoms with Gasteiger partial charge in [0.15, 0.2) is 0 Å². The fourth-order valence-electron chi connectivity index (χ4n) is 1.95. The number of hydrogen-bond donors (Lipinski definition) is 1. The second-order valence-electron chi connectivity index (χ2n) is 4.56. The van der Waals surface area contributed by atoms with Crippen LogP contribution in [0.25, 0.3) is 0 Å². The molecular formula is C14H25NO. The molecule has 1 rings (SSSR count). The van der Waals surface area contributed by atoms with Crippen LogP contribution >= 0.6 is 0 Å². The molecule has 1 aromatic heterocycles. The van der Waals surface area contributed by atoms with Gasteiger partial charge in [0, 0.05) is 12.5 Å². The maximum atomic E-state index is 5.37. The first kappa shape index (κ1) is 13.3. The highest BCUT2D eigenvalue weighted by molar-refractivity contribution is 4.98. The standard InChI is InChI=1S/C14H25NO/c1-4-10-15-14(12(3)5-2)9-8-13-7-6-11-16-13/h6-7,11-12,14-15H,4-5,8-10H2,1-3H3. The normalized spacial score (nSPS) is 14.9. The second-order valence-corrected chi connectivity index (χ2v) is 4.56. The van der Waals surface area contributed by atoms with E-state index in [0.717, 1.165) is 24.6 Å². The monoisotopic (exact) mass is 223 g/mol. The Morgan fingerprint density at radius 2 is 2.19 bits per heavy atom. The van der Waals surface area contributed by atoms with Crippen LogP contribution in [-0.2, 0) is 6.42 Å². The molecular weight excluding hydrogens is 198 g/mol. The van der Waals surface area contributed by atoms with E-state index in [9.17, 15) is 0 Å².